The van der Waals surface area contributed by atoms with Crippen LogP contribution in [0.4, 0.5) is 10.5 Å². The molecule has 2 rings (SSSR count). The van der Waals surface area contributed by atoms with Gasteiger partial charge in [-0.1, -0.05) is 12.1 Å². The first-order valence-electron chi connectivity index (χ1n) is 8.00. The molecule has 0 unspecified atom stereocenters. The Morgan fingerprint density at radius 1 is 1.38 bits per heavy atom. The number of anilines is 1. The fourth-order valence-corrected chi connectivity index (χ4v) is 2.50. The Balaban J connectivity index is 1.86. The molecule has 1 aromatic rings. The topological polar surface area (TPSA) is 132 Å². The zero-order valence-electron chi connectivity index (χ0n) is 14.3. The molecular weight excluding hydrogens is 342 g/mol. The Labute approximate surface area is 150 Å². The molecule has 1 heterocycles. The van der Waals surface area contributed by atoms with E-state index in [-0.39, 0.29) is 18.9 Å². The first-order chi connectivity index (χ1) is 12.5. The molecule has 1 aliphatic rings. The summed E-state index contributed by atoms with van der Waals surface area (Å²) in [5.41, 5.74) is 3.13. The number of nitrogens with zero attached hydrogens (tertiary/aromatic N) is 2. The minimum Gasteiger partial charge on any atom is -0.469 e. The van der Waals surface area contributed by atoms with Crippen molar-refractivity contribution in [1.29, 1.82) is 0 Å². The van der Waals surface area contributed by atoms with Gasteiger partial charge < -0.3 is 20.3 Å². The van der Waals surface area contributed by atoms with Crippen LogP contribution in [-0.2, 0) is 14.3 Å². The van der Waals surface area contributed by atoms with E-state index in [0.717, 1.165) is 5.56 Å². The second kappa shape index (κ2) is 9.37. The molecule has 0 radical (unpaired) electrons. The highest BCUT2D eigenvalue weighted by molar-refractivity contribution is 6.01. The van der Waals surface area contributed by atoms with Gasteiger partial charge in [0.25, 0.3) is 0 Å². The van der Waals surface area contributed by atoms with Gasteiger partial charge in [-0.15, -0.1) is 0 Å². The highest BCUT2D eigenvalue weighted by Crippen LogP contribution is 2.21. The predicted octanol–water partition coefficient (Wildman–Crippen LogP) is -0.0331. The number of rotatable bonds is 7. The Morgan fingerprint density at radius 2 is 2.12 bits per heavy atom. The van der Waals surface area contributed by atoms with Crippen molar-refractivity contribution in [3.05, 3.63) is 29.8 Å². The highest BCUT2D eigenvalue weighted by Gasteiger charge is 2.33. The number of hydrazone groups is 1. The number of benzene rings is 1. The number of urea groups is 1. The average molecular weight is 363 g/mol. The van der Waals surface area contributed by atoms with Gasteiger partial charge in [0.1, 0.15) is 6.04 Å². The second-order valence-electron chi connectivity index (χ2n) is 5.51. The summed E-state index contributed by atoms with van der Waals surface area (Å²) in [5.74, 6) is -0.622. The summed E-state index contributed by atoms with van der Waals surface area (Å²) >= 11 is 0. The lowest BCUT2D eigenvalue weighted by molar-refractivity contribution is -0.140. The molecule has 1 fully saturated rings. The zero-order valence-corrected chi connectivity index (χ0v) is 14.3. The van der Waals surface area contributed by atoms with E-state index in [1.165, 1.54) is 13.3 Å². The number of esters is 1. The van der Waals surface area contributed by atoms with E-state index < -0.39 is 18.0 Å². The molecule has 26 heavy (non-hydrogen) atoms. The average Bonchev–Trinajstić information content (AvgIpc) is 3.00. The summed E-state index contributed by atoms with van der Waals surface area (Å²) in [6.07, 6.45) is 1.98. The lowest BCUT2D eigenvalue weighted by Crippen LogP contribution is -2.46. The summed E-state index contributed by atoms with van der Waals surface area (Å²) in [6.45, 7) is 0.617. The van der Waals surface area contributed by atoms with Crippen molar-refractivity contribution in [2.45, 2.75) is 18.9 Å². The number of carbonyl (C=O) groups is 3. The third-order valence-electron chi connectivity index (χ3n) is 3.83. The standard InChI is InChI=1S/C16H21N5O5/c1-26-14(22)6-8-17-16(24)19-13-7-9-21(15(13)23)12-4-2-11(3-5-12)10-18-20-25/h2-5,10,13,20,25H,6-9H2,1H3,(H2,17,19,24)/t13-/m0/s1. The van der Waals surface area contributed by atoms with E-state index in [9.17, 15) is 14.4 Å². The molecule has 1 aromatic carbocycles. The lowest BCUT2D eigenvalue weighted by Gasteiger charge is -2.17. The third-order valence-corrected chi connectivity index (χ3v) is 3.83. The second-order valence-corrected chi connectivity index (χ2v) is 5.51. The van der Waals surface area contributed by atoms with Gasteiger partial charge in [-0.25, -0.2) is 4.79 Å². The van der Waals surface area contributed by atoms with E-state index in [4.69, 9.17) is 5.21 Å². The van der Waals surface area contributed by atoms with Crippen molar-refractivity contribution in [1.82, 2.24) is 16.2 Å². The first-order valence-corrected chi connectivity index (χ1v) is 8.00. The Bertz CT molecular complexity index is 676. The number of ether oxygens (including phenoxy) is 1. The van der Waals surface area contributed by atoms with Gasteiger partial charge in [0.2, 0.25) is 5.91 Å². The van der Waals surface area contributed by atoms with Gasteiger partial charge in [-0.05, 0) is 24.1 Å². The van der Waals surface area contributed by atoms with Gasteiger partial charge in [0.05, 0.1) is 19.7 Å². The molecule has 10 nitrogen and oxygen atoms in total. The largest absolute Gasteiger partial charge is 0.469 e. The molecule has 0 aromatic heterocycles. The summed E-state index contributed by atoms with van der Waals surface area (Å²) in [7, 11) is 1.27. The van der Waals surface area contributed by atoms with Crippen LogP contribution >= 0.6 is 0 Å². The van der Waals surface area contributed by atoms with Crippen LogP contribution in [0, 0.1) is 0 Å². The monoisotopic (exact) mass is 363 g/mol. The number of hydrogen-bond donors (Lipinski definition) is 4. The van der Waals surface area contributed by atoms with Crippen LogP contribution in [0.1, 0.15) is 18.4 Å². The minimum atomic E-state index is -0.618. The van der Waals surface area contributed by atoms with Gasteiger partial charge in [-0.2, -0.15) is 10.7 Å². The third kappa shape index (κ3) is 5.18. The maximum Gasteiger partial charge on any atom is 0.315 e. The summed E-state index contributed by atoms with van der Waals surface area (Å²) in [4.78, 5) is 36.9. The van der Waals surface area contributed by atoms with Gasteiger partial charge >= 0.3 is 12.0 Å². The predicted molar refractivity (Wildman–Crippen MR) is 92.9 cm³/mol. The molecule has 1 saturated heterocycles. The van der Waals surface area contributed by atoms with Crippen molar-refractivity contribution in [3.63, 3.8) is 0 Å². The minimum absolute atomic E-state index is 0.0656. The van der Waals surface area contributed by atoms with Gasteiger partial charge in [0.15, 0.2) is 0 Å². The number of amides is 3. The summed E-state index contributed by atoms with van der Waals surface area (Å²) in [6, 6.07) is 5.91. The molecule has 140 valence electrons. The normalized spacial score (nSPS) is 16.6. The van der Waals surface area contributed by atoms with Crippen LogP contribution in [0.15, 0.2) is 29.4 Å². The van der Waals surface area contributed by atoms with Crippen molar-refractivity contribution in [3.8, 4) is 0 Å². The molecule has 0 spiro atoms. The smallest absolute Gasteiger partial charge is 0.315 e. The fourth-order valence-electron chi connectivity index (χ4n) is 2.50. The number of methoxy groups -OCH3 is 1. The van der Waals surface area contributed by atoms with Crippen LogP contribution in [0.25, 0.3) is 0 Å². The quantitative estimate of drug-likeness (QED) is 0.305. The highest BCUT2D eigenvalue weighted by atomic mass is 16.5. The Hall–Kier alpha value is -3.14. The molecule has 3 amide bonds. The van der Waals surface area contributed by atoms with Crippen LogP contribution < -0.4 is 21.1 Å². The van der Waals surface area contributed by atoms with Crippen LogP contribution in [0.5, 0.6) is 0 Å². The molecular formula is C16H21N5O5. The van der Waals surface area contributed by atoms with Crippen molar-refractivity contribution in [2.24, 2.45) is 5.10 Å². The Morgan fingerprint density at radius 3 is 2.77 bits per heavy atom. The van der Waals surface area contributed by atoms with E-state index in [1.54, 1.807) is 34.8 Å². The van der Waals surface area contributed by atoms with E-state index in [2.05, 4.69) is 20.5 Å². The van der Waals surface area contributed by atoms with Crippen molar-refractivity contribution >= 4 is 29.8 Å². The van der Waals surface area contributed by atoms with Crippen molar-refractivity contribution in [2.75, 3.05) is 25.1 Å². The number of hydrogen-bond acceptors (Lipinski definition) is 7. The number of nitrogens with one attached hydrogen (secondary N) is 3. The molecule has 4 N–H and O–H groups in total. The summed E-state index contributed by atoms with van der Waals surface area (Å²) < 4.78 is 4.48. The molecule has 10 heteroatoms. The zero-order chi connectivity index (χ0) is 18.9. The van der Waals surface area contributed by atoms with Gasteiger partial charge in [-0.3, -0.25) is 14.8 Å². The molecule has 1 atom stereocenters. The van der Waals surface area contributed by atoms with Crippen LogP contribution in [0.2, 0.25) is 0 Å². The molecule has 0 saturated carbocycles. The first kappa shape index (κ1) is 19.2. The Kier molecular flexibility index (Phi) is 6.92. The lowest BCUT2D eigenvalue weighted by atomic mass is 10.2. The maximum atomic E-state index is 12.5. The molecule has 0 aliphatic carbocycles. The fraction of sp³-hybridized carbons (Fsp3) is 0.375. The van der Waals surface area contributed by atoms with E-state index >= 15 is 0 Å². The van der Waals surface area contributed by atoms with Crippen LogP contribution in [0.3, 0.4) is 0 Å². The van der Waals surface area contributed by atoms with Crippen molar-refractivity contribution < 1.29 is 24.3 Å². The summed E-state index contributed by atoms with van der Waals surface area (Å²) in [5, 5.41) is 17.0. The van der Waals surface area contributed by atoms with Crippen LogP contribution in [-0.4, -0.2) is 55.6 Å². The van der Waals surface area contributed by atoms with Gasteiger partial charge in [0, 0.05) is 18.8 Å². The molecule has 1 aliphatic heterocycles. The molecule has 0 bridgehead atoms. The maximum absolute atomic E-state index is 12.5. The van der Waals surface area contributed by atoms with E-state index in [0.29, 0.717) is 18.7 Å². The number of carbonyl (C=O) groups excluding carboxylic acids is 3. The SMILES string of the molecule is COC(=O)CCNC(=O)N[C@H]1CCN(c2ccc(C=NNO)cc2)C1=O. The van der Waals surface area contributed by atoms with E-state index in [1.807, 2.05) is 0 Å².